The number of nitrogens with zero attached hydrogens (tertiary/aromatic N) is 2. The Hall–Kier alpha value is -1.12. The molecule has 0 aliphatic carbocycles. The number of hydrogen-bond acceptors (Lipinski definition) is 2. The summed E-state index contributed by atoms with van der Waals surface area (Å²) in [4.78, 5) is 5.39. The van der Waals surface area contributed by atoms with Crippen molar-refractivity contribution in [2.24, 2.45) is 0 Å². The van der Waals surface area contributed by atoms with E-state index in [0.29, 0.717) is 6.04 Å². The maximum Gasteiger partial charge on any atom is 0.0293 e. The van der Waals surface area contributed by atoms with E-state index < -0.39 is 0 Å². The van der Waals surface area contributed by atoms with Crippen LogP contribution in [0.3, 0.4) is 0 Å². The van der Waals surface area contributed by atoms with E-state index in [1.165, 1.54) is 83.2 Å². The minimum atomic E-state index is 0.609. The van der Waals surface area contributed by atoms with Gasteiger partial charge < -0.3 is 4.90 Å². The number of likely N-dealkylation sites (tertiary alicyclic amines) is 2. The summed E-state index contributed by atoms with van der Waals surface area (Å²) in [6.07, 6.45) is 14.5. The maximum atomic E-state index is 2.72. The predicted octanol–water partition coefficient (Wildman–Crippen LogP) is 4.43. The van der Waals surface area contributed by atoms with Gasteiger partial charge in [0.15, 0.2) is 0 Å². The molecule has 2 nitrogen and oxygen atoms in total. The van der Waals surface area contributed by atoms with Crippen molar-refractivity contribution in [3.05, 3.63) is 42.0 Å². The van der Waals surface area contributed by atoms with Crippen LogP contribution in [0.15, 0.2) is 36.4 Å². The van der Waals surface area contributed by atoms with Gasteiger partial charge in [0, 0.05) is 6.04 Å². The molecule has 0 spiro atoms. The largest absolute Gasteiger partial charge is 0.303 e. The molecule has 2 aliphatic heterocycles. The van der Waals surface area contributed by atoms with Gasteiger partial charge in [-0.15, -0.1) is 0 Å². The van der Waals surface area contributed by atoms with Crippen molar-refractivity contribution in [1.82, 2.24) is 9.80 Å². The lowest BCUT2D eigenvalue weighted by Gasteiger charge is -2.35. The van der Waals surface area contributed by atoms with Crippen LogP contribution >= 0.6 is 0 Å². The van der Waals surface area contributed by atoms with Crippen molar-refractivity contribution in [3.63, 3.8) is 0 Å². The number of hydrogen-bond donors (Lipinski definition) is 0. The Morgan fingerprint density at radius 3 is 2.17 bits per heavy atom. The summed E-state index contributed by atoms with van der Waals surface area (Å²) >= 11 is 0. The van der Waals surface area contributed by atoms with Gasteiger partial charge in [0.1, 0.15) is 0 Å². The van der Waals surface area contributed by atoms with E-state index in [1.807, 2.05) is 0 Å². The quantitative estimate of drug-likeness (QED) is 0.766. The fraction of sp³-hybridized carbons (Fsp3) is 0.619. The standard InChI is InChI=1S/C21H32N2/c1-4-10-20(11-5-1)12-13-21(23-17-8-3-9-18-23)14-19-22-15-6-2-7-16-22/h1,4-5,10-13,21H,2-3,6-9,14-19H2. The molecule has 0 radical (unpaired) electrons. The highest BCUT2D eigenvalue weighted by atomic mass is 15.2. The summed E-state index contributed by atoms with van der Waals surface area (Å²) in [6.45, 7) is 6.46. The molecule has 0 saturated carbocycles. The van der Waals surface area contributed by atoms with Crippen LogP contribution in [0.5, 0.6) is 0 Å². The molecule has 1 unspecified atom stereocenters. The fourth-order valence-electron chi connectivity index (χ4n) is 3.93. The molecule has 2 heterocycles. The first kappa shape index (κ1) is 16.7. The van der Waals surface area contributed by atoms with Crippen LogP contribution in [0.25, 0.3) is 6.08 Å². The number of benzene rings is 1. The van der Waals surface area contributed by atoms with E-state index in [2.05, 4.69) is 52.3 Å². The second kappa shape index (κ2) is 9.24. The monoisotopic (exact) mass is 312 g/mol. The van der Waals surface area contributed by atoms with E-state index in [1.54, 1.807) is 0 Å². The molecule has 23 heavy (non-hydrogen) atoms. The van der Waals surface area contributed by atoms with E-state index >= 15 is 0 Å². The molecule has 3 rings (SSSR count). The maximum absolute atomic E-state index is 2.72. The van der Waals surface area contributed by atoms with Gasteiger partial charge in [-0.2, -0.15) is 0 Å². The van der Waals surface area contributed by atoms with Gasteiger partial charge in [0.25, 0.3) is 0 Å². The average Bonchev–Trinajstić information content (AvgIpc) is 2.64. The minimum Gasteiger partial charge on any atom is -0.303 e. The van der Waals surface area contributed by atoms with Crippen LogP contribution in [-0.4, -0.2) is 48.6 Å². The predicted molar refractivity (Wildman–Crippen MR) is 99.6 cm³/mol. The average molecular weight is 313 g/mol. The summed E-state index contributed by atoms with van der Waals surface area (Å²) in [6, 6.07) is 11.4. The first-order valence-corrected chi connectivity index (χ1v) is 9.61. The molecular weight excluding hydrogens is 280 g/mol. The van der Waals surface area contributed by atoms with Crippen LogP contribution in [0.2, 0.25) is 0 Å². The molecule has 2 fully saturated rings. The van der Waals surface area contributed by atoms with Gasteiger partial charge >= 0.3 is 0 Å². The molecule has 1 atom stereocenters. The third kappa shape index (κ3) is 5.47. The normalized spacial score (nSPS) is 22.4. The van der Waals surface area contributed by atoms with Crippen LogP contribution in [0.1, 0.15) is 50.5 Å². The zero-order chi connectivity index (χ0) is 15.7. The topological polar surface area (TPSA) is 6.48 Å². The van der Waals surface area contributed by atoms with Crippen molar-refractivity contribution in [1.29, 1.82) is 0 Å². The summed E-state index contributed by atoms with van der Waals surface area (Å²) in [5, 5.41) is 0. The fourth-order valence-corrected chi connectivity index (χ4v) is 3.93. The first-order valence-electron chi connectivity index (χ1n) is 9.61. The Morgan fingerprint density at radius 1 is 0.826 bits per heavy atom. The SMILES string of the molecule is C(=CC(CCN1CCCCC1)N1CCCCC1)c1ccccc1. The van der Waals surface area contributed by atoms with Crippen LogP contribution in [-0.2, 0) is 0 Å². The Labute approximate surface area is 142 Å². The molecule has 0 N–H and O–H groups in total. The lowest BCUT2D eigenvalue weighted by Crippen LogP contribution is -2.41. The van der Waals surface area contributed by atoms with Crippen LogP contribution in [0.4, 0.5) is 0 Å². The highest BCUT2D eigenvalue weighted by molar-refractivity contribution is 5.49. The summed E-state index contributed by atoms with van der Waals surface area (Å²) in [5.41, 5.74) is 1.33. The van der Waals surface area contributed by atoms with Crippen LogP contribution < -0.4 is 0 Å². The van der Waals surface area contributed by atoms with Crippen molar-refractivity contribution < 1.29 is 0 Å². The highest BCUT2D eigenvalue weighted by Gasteiger charge is 2.19. The van der Waals surface area contributed by atoms with Crippen molar-refractivity contribution >= 4 is 6.08 Å². The Balaban J connectivity index is 1.59. The van der Waals surface area contributed by atoms with Gasteiger partial charge in [-0.05, 0) is 70.4 Å². The minimum absolute atomic E-state index is 0.609. The molecule has 0 amide bonds. The van der Waals surface area contributed by atoms with Crippen LogP contribution in [0, 0.1) is 0 Å². The molecule has 2 saturated heterocycles. The zero-order valence-corrected chi connectivity index (χ0v) is 14.5. The van der Waals surface area contributed by atoms with E-state index in [-0.39, 0.29) is 0 Å². The zero-order valence-electron chi connectivity index (χ0n) is 14.5. The second-order valence-corrected chi connectivity index (χ2v) is 7.12. The highest BCUT2D eigenvalue weighted by Crippen LogP contribution is 2.18. The Morgan fingerprint density at radius 2 is 1.48 bits per heavy atom. The molecule has 0 bridgehead atoms. The van der Waals surface area contributed by atoms with E-state index in [9.17, 15) is 0 Å². The van der Waals surface area contributed by atoms with Crippen molar-refractivity contribution in [2.45, 2.75) is 51.0 Å². The number of rotatable bonds is 6. The van der Waals surface area contributed by atoms with Gasteiger partial charge in [-0.1, -0.05) is 55.3 Å². The van der Waals surface area contributed by atoms with Crippen molar-refractivity contribution in [2.75, 3.05) is 32.7 Å². The summed E-state index contributed by atoms with van der Waals surface area (Å²) < 4.78 is 0. The lowest BCUT2D eigenvalue weighted by molar-refractivity contribution is 0.157. The van der Waals surface area contributed by atoms with Gasteiger partial charge in [-0.25, -0.2) is 0 Å². The second-order valence-electron chi connectivity index (χ2n) is 7.12. The van der Waals surface area contributed by atoms with E-state index in [4.69, 9.17) is 0 Å². The van der Waals surface area contributed by atoms with Crippen molar-refractivity contribution in [3.8, 4) is 0 Å². The third-order valence-electron chi connectivity index (χ3n) is 5.36. The smallest absolute Gasteiger partial charge is 0.0293 e. The molecule has 1 aromatic rings. The Kier molecular flexibility index (Phi) is 6.72. The molecule has 2 heteroatoms. The third-order valence-corrected chi connectivity index (χ3v) is 5.36. The first-order chi connectivity index (χ1) is 11.4. The van der Waals surface area contributed by atoms with E-state index in [0.717, 1.165) is 0 Å². The summed E-state index contributed by atoms with van der Waals surface area (Å²) in [7, 11) is 0. The van der Waals surface area contributed by atoms with Gasteiger partial charge in [0.05, 0.1) is 0 Å². The Bertz CT molecular complexity index is 456. The molecule has 0 aromatic heterocycles. The molecule has 1 aromatic carbocycles. The molecular formula is C21H32N2. The lowest BCUT2D eigenvalue weighted by atomic mass is 10.0. The molecule has 2 aliphatic rings. The van der Waals surface area contributed by atoms with Gasteiger partial charge in [-0.3, -0.25) is 4.90 Å². The van der Waals surface area contributed by atoms with Gasteiger partial charge in [0.2, 0.25) is 0 Å². The number of piperidine rings is 2. The molecule has 126 valence electrons. The summed E-state index contributed by atoms with van der Waals surface area (Å²) in [5.74, 6) is 0.